The third-order valence-electron chi connectivity index (χ3n) is 3.58. The van der Waals surface area contributed by atoms with E-state index in [0.29, 0.717) is 0 Å². The molecule has 2 aromatic rings. The molecule has 0 bridgehead atoms. The van der Waals surface area contributed by atoms with E-state index in [1.165, 1.54) is 11.8 Å². The van der Waals surface area contributed by atoms with E-state index in [-0.39, 0.29) is 30.0 Å². The summed E-state index contributed by atoms with van der Waals surface area (Å²) in [4.78, 5) is 24.0. The Bertz CT molecular complexity index is 712. The van der Waals surface area contributed by atoms with Crippen LogP contribution >= 0.6 is 0 Å². The number of aromatic nitrogens is 2. The lowest BCUT2D eigenvalue weighted by Gasteiger charge is -2.12. The number of nitrogens with zero attached hydrogens (tertiary/aromatic N) is 2. The van der Waals surface area contributed by atoms with Crippen LogP contribution in [-0.4, -0.2) is 41.4 Å². The Morgan fingerprint density at radius 1 is 1.28 bits per heavy atom. The van der Waals surface area contributed by atoms with Crippen LogP contribution in [0.4, 0.5) is 0 Å². The molecule has 0 saturated carbocycles. The summed E-state index contributed by atoms with van der Waals surface area (Å²) in [5.74, 6) is -0.755. The normalized spacial score (nSPS) is 11.6. The summed E-state index contributed by atoms with van der Waals surface area (Å²) in [5, 5.41) is 6.98. The number of para-hydroxylation sites is 1. The SMILES string of the molecule is CCCC(C)NC(=O)COC(=O)c1nn(-c2ccccc2)cc1OC. The zero-order chi connectivity index (χ0) is 18.2. The van der Waals surface area contributed by atoms with Gasteiger partial charge in [-0.3, -0.25) is 4.79 Å². The molecule has 1 atom stereocenters. The van der Waals surface area contributed by atoms with E-state index in [9.17, 15) is 9.59 Å². The van der Waals surface area contributed by atoms with Gasteiger partial charge in [-0.15, -0.1) is 0 Å². The number of esters is 1. The van der Waals surface area contributed by atoms with Gasteiger partial charge < -0.3 is 14.8 Å². The first-order valence-corrected chi connectivity index (χ1v) is 8.20. The number of hydrogen-bond acceptors (Lipinski definition) is 5. The summed E-state index contributed by atoms with van der Waals surface area (Å²) >= 11 is 0. The topological polar surface area (TPSA) is 82.5 Å². The number of carbonyl (C=O) groups is 2. The monoisotopic (exact) mass is 345 g/mol. The fourth-order valence-corrected chi connectivity index (χ4v) is 2.38. The molecule has 134 valence electrons. The third kappa shape index (κ3) is 5.07. The van der Waals surface area contributed by atoms with Crippen molar-refractivity contribution >= 4 is 11.9 Å². The van der Waals surface area contributed by atoms with Gasteiger partial charge in [0.25, 0.3) is 5.91 Å². The highest BCUT2D eigenvalue weighted by atomic mass is 16.5. The Morgan fingerprint density at radius 2 is 2.00 bits per heavy atom. The van der Waals surface area contributed by atoms with Gasteiger partial charge in [-0.2, -0.15) is 5.10 Å². The molecule has 0 aliphatic rings. The predicted molar refractivity (Wildman–Crippen MR) is 92.9 cm³/mol. The first kappa shape index (κ1) is 18.5. The van der Waals surface area contributed by atoms with Crippen molar-refractivity contribution in [3.8, 4) is 11.4 Å². The first-order chi connectivity index (χ1) is 12.0. The van der Waals surface area contributed by atoms with E-state index in [4.69, 9.17) is 9.47 Å². The molecular formula is C18H23N3O4. The molecule has 1 heterocycles. The molecular weight excluding hydrogens is 322 g/mol. The molecule has 7 heteroatoms. The van der Waals surface area contributed by atoms with Crippen LogP contribution in [0.1, 0.15) is 37.2 Å². The molecule has 0 fully saturated rings. The minimum absolute atomic E-state index is 0.0285. The molecule has 1 aromatic carbocycles. The van der Waals surface area contributed by atoms with Crippen molar-refractivity contribution in [1.29, 1.82) is 0 Å². The summed E-state index contributed by atoms with van der Waals surface area (Å²) < 4.78 is 11.8. The lowest BCUT2D eigenvalue weighted by Crippen LogP contribution is -2.35. The Labute approximate surface area is 146 Å². The molecule has 1 amide bonds. The van der Waals surface area contributed by atoms with Crippen LogP contribution in [-0.2, 0) is 9.53 Å². The highest BCUT2D eigenvalue weighted by Crippen LogP contribution is 2.20. The molecule has 0 radical (unpaired) electrons. The number of ether oxygens (including phenoxy) is 2. The van der Waals surface area contributed by atoms with Crippen molar-refractivity contribution in [3.05, 3.63) is 42.2 Å². The van der Waals surface area contributed by atoms with Crippen LogP contribution in [0.5, 0.6) is 5.75 Å². The molecule has 0 saturated heterocycles. The first-order valence-electron chi connectivity index (χ1n) is 8.20. The third-order valence-corrected chi connectivity index (χ3v) is 3.58. The Hall–Kier alpha value is -2.83. The van der Waals surface area contributed by atoms with E-state index >= 15 is 0 Å². The summed E-state index contributed by atoms with van der Waals surface area (Å²) in [6.45, 7) is 3.60. The zero-order valence-electron chi connectivity index (χ0n) is 14.7. The van der Waals surface area contributed by atoms with Gasteiger partial charge in [-0.1, -0.05) is 31.5 Å². The van der Waals surface area contributed by atoms with Crippen LogP contribution in [0, 0.1) is 0 Å². The van der Waals surface area contributed by atoms with E-state index in [1.54, 1.807) is 6.20 Å². The molecule has 2 rings (SSSR count). The molecule has 25 heavy (non-hydrogen) atoms. The predicted octanol–water partition coefficient (Wildman–Crippen LogP) is 2.34. The van der Waals surface area contributed by atoms with Gasteiger partial charge in [0.1, 0.15) is 0 Å². The largest absolute Gasteiger partial charge is 0.493 e. The number of rotatable bonds is 8. The van der Waals surface area contributed by atoms with E-state index in [1.807, 2.05) is 44.2 Å². The second-order valence-electron chi connectivity index (χ2n) is 5.66. The van der Waals surface area contributed by atoms with Crippen molar-refractivity contribution in [3.63, 3.8) is 0 Å². The van der Waals surface area contributed by atoms with Crippen LogP contribution in [0.15, 0.2) is 36.5 Å². The van der Waals surface area contributed by atoms with Crippen LogP contribution in [0.2, 0.25) is 0 Å². The number of hydrogen-bond donors (Lipinski definition) is 1. The van der Waals surface area contributed by atoms with E-state index in [2.05, 4.69) is 10.4 Å². The van der Waals surface area contributed by atoms with Crippen molar-refractivity contribution in [2.24, 2.45) is 0 Å². The average molecular weight is 345 g/mol. The second-order valence-corrected chi connectivity index (χ2v) is 5.66. The Balaban J connectivity index is 2.02. The quantitative estimate of drug-likeness (QED) is 0.743. The number of benzene rings is 1. The maximum atomic E-state index is 12.2. The standard InChI is InChI=1S/C18H23N3O4/c1-4-8-13(2)19-16(22)12-25-18(23)17-15(24-3)11-21(20-17)14-9-6-5-7-10-14/h5-7,9-11,13H,4,8,12H2,1-3H3,(H,19,22). The van der Waals surface area contributed by atoms with Gasteiger partial charge in [0.15, 0.2) is 12.4 Å². The maximum absolute atomic E-state index is 12.2. The van der Waals surface area contributed by atoms with Gasteiger partial charge >= 0.3 is 5.97 Å². The molecule has 1 N–H and O–H groups in total. The van der Waals surface area contributed by atoms with Crippen LogP contribution < -0.4 is 10.1 Å². The molecule has 1 aromatic heterocycles. The van der Waals surface area contributed by atoms with Gasteiger partial charge in [-0.25, -0.2) is 9.48 Å². The Kier molecular flexibility index (Phi) is 6.56. The average Bonchev–Trinajstić information content (AvgIpc) is 3.05. The molecule has 1 unspecified atom stereocenters. The van der Waals surface area contributed by atoms with Crippen molar-refractivity contribution in [2.75, 3.05) is 13.7 Å². The highest BCUT2D eigenvalue weighted by molar-refractivity contribution is 5.92. The highest BCUT2D eigenvalue weighted by Gasteiger charge is 2.21. The summed E-state index contributed by atoms with van der Waals surface area (Å²) in [7, 11) is 1.45. The number of carbonyl (C=O) groups excluding carboxylic acids is 2. The van der Waals surface area contributed by atoms with Crippen LogP contribution in [0.25, 0.3) is 5.69 Å². The van der Waals surface area contributed by atoms with Crippen molar-refractivity contribution < 1.29 is 19.1 Å². The van der Waals surface area contributed by atoms with E-state index < -0.39 is 5.97 Å². The fourth-order valence-electron chi connectivity index (χ4n) is 2.38. The van der Waals surface area contributed by atoms with Gasteiger partial charge in [0.2, 0.25) is 5.69 Å². The smallest absolute Gasteiger partial charge is 0.363 e. The lowest BCUT2D eigenvalue weighted by atomic mass is 10.2. The molecule has 0 aliphatic carbocycles. The number of amides is 1. The molecule has 0 aliphatic heterocycles. The summed E-state index contributed by atoms with van der Waals surface area (Å²) in [6.07, 6.45) is 3.43. The molecule has 0 spiro atoms. The lowest BCUT2D eigenvalue weighted by molar-refractivity contribution is -0.124. The molecule has 7 nitrogen and oxygen atoms in total. The number of methoxy groups -OCH3 is 1. The van der Waals surface area contributed by atoms with Gasteiger partial charge in [0, 0.05) is 6.04 Å². The summed E-state index contributed by atoms with van der Waals surface area (Å²) in [5.41, 5.74) is 0.812. The van der Waals surface area contributed by atoms with Gasteiger partial charge in [-0.05, 0) is 25.5 Å². The Morgan fingerprint density at radius 3 is 2.64 bits per heavy atom. The van der Waals surface area contributed by atoms with E-state index in [0.717, 1.165) is 18.5 Å². The van der Waals surface area contributed by atoms with Crippen molar-refractivity contribution in [2.45, 2.75) is 32.7 Å². The number of nitrogens with one attached hydrogen (secondary N) is 1. The van der Waals surface area contributed by atoms with Crippen LogP contribution in [0.3, 0.4) is 0 Å². The summed E-state index contributed by atoms with van der Waals surface area (Å²) in [6, 6.07) is 9.36. The van der Waals surface area contributed by atoms with Gasteiger partial charge in [0.05, 0.1) is 19.0 Å². The maximum Gasteiger partial charge on any atom is 0.363 e. The fraction of sp³-hybridized carbons (Fsp3) is 0.389. The minimum Gasteiger partial charge on any atom is -0.493 e. The van der Waals surface area contributed by atoms with Crippen molar-refractivity contribution in [1.82, 2.24) is 15.1 Å². The second kappa shape index (κ2) is 8.86. The zero-order valence-corrected chi connectivity index (χ0v) is 14.7. The minimum atomic E-state index is -0.704.